The lowest BCUT2D eigenvalue weighted by Gasteiger charge is -2.34. The zero-order valence-corrected chi connectivity index (χ0v) is 11.2. The number of hydrogen-bond acceptors (Lipinski definition) is 4. The summed E-state index contributed by atoms with van der Waals surface area (Å²) in [7, 11) is 1.81. The van der Waals surface area contributed by atoms with Gasteiger partial charge in [0.05, 0.1) is 13.6 Å². The van der Waals surface area contributed by atoms with E-state index in [-0.39, 0.29) is 0 Å². The van der Waals surface area contributed by atoms with Gasteiger partial charge in [0.25, 0.3) is 0 Å². The summed E-state index contributed by atoms with van der Waals surface area (Å²) >= 11 is 3.53. The highest BCUT2D eigenvalue weighted by atomic mass is 79.9. The molecule has 1 saturated heterocycles. The zero-order chi connectivity index (χ0) is 11.4. The van der Waals surface area contributed by atoms with E-state index in [0.29, 0.717) is 6.04 Å². The van der Waals surface area contributed by atoms with Crippen LogP contribution in [0.4, 0.5) is 0 Å². The number of likely N-dealkylation sites (tertiary alicyclic amines) is 1. The van der Waals surface area contributed by atoms with Crippen LogP contribution in [0.1, 0.15) is 31.5 Å². The number of halogens is 1. The standard InChI is InChI=1S/C10H18BrN5/c1-15-13-10(12-14-15)8-16-7-3-2-4-9(16)5-6-11/h9H,2-8H2,1H3. The number of alkyl halides is 1. The van der Waals surface area contributed by atoms with Gasteiger partial charge in [-0.05, 0) is 31.0 Å². The van der Waals surface area contributed by atoms with Gasteiger partial charge in [-0.1, -0.05) is 22.4 Å². The van der Waals surface area contributed by atoms with Gasteiger partial charge in [0.2, 0.25) is 0 Å². The maximum absolute atomic E-state index is 4.24. The predicted octanol–water partition coefficient (Wildman–Crippen LogP) is 1.35. The van der Waals surface area contributed by atoms with Crippen LogP contribution in [0.25, 0.3) is 0 Å². The summed E-state index contributed by atoms with van der Waals surface area (Å²) in [6, 6.07) is 0.678. The van der Waals surface area contributed by atoms with E-state index in [4.69, 9.17) is 0 Å². The lowest BCUT2D eigenvalue weighted by Crippen LogP contribution is -2.39. The van der Waals surface area contributed by atoms with Crippen molar-refractivity contribution in [3.8, 4) is 0 Å². The highest BCUT2D eigenvalue weighted by Crippen LogP contribution is 2.21. The molecule has 5 nitrogen and oxygen atoms in total. The first kappa shape index (κ1) is 12.0. The van der Waals surface area contributed by atoms with Crippen molar-refractivity contribution < 1.29 is 0 Å². The monoisotopic (exact) mass is 287 g/mol. The summed E-state index contributed by atoms with van der Waals surface area (Å²) in [6.07, 6.45) is 5.15. The average molecular weight is 288 g/mol. The minimum atomic E-state index is 0.678. The Hall–Kier alpha value is -0.490. The van der Waals surface area contributed by atoms with E-state index in [1.807, 2.05) is 7.05 Å². The maximum Gasteiger partial charge on any atom is 0.188 e. The summed E-state index contributed by atoms with van der Waals surface area (Å²) < 4.78 is 0. The van der Waals surface area contributed by atoms with Gasteiger partial charge in [0, 0.05) is 11.4 Å². The quantitative estimate of drug-likeness (QED) is 0.785. The number of tetrazole rings is 1. The Balaban J connectivity index is 1.95. The molecule has 1 aromatic rings. The Morgan fingerprint density at radius 1 is 1.44 bits per heavy atom. The molecule has 1 fully saturated rings. The number of hydrogen-bond donors (Lipinski definition) is 0. The summed E-state index contributed by atoms with van der Waals surface area (Å²) in [5, 5.41) is 13.2. The van der Waals surface area contributed by atoms with Gasteiger partial charge in [-0.25, -0.2) is 0 Å². The van der Waals surface area contributed by atoms with Crippen LogP contribution >= 0.6 is 15.9 Å². The highest BCUT2D eigenvalue weighted by Gasteiger charge is 2.22. The van der Waals surface area contributed by atoms with Crippen molar-refractivity contribution in [2.45, 2.75) is 38.3 Å². The van der Waals surface area contributed by atoms with Crippen LogP contribution in [0, 0.1) is 0 Å². The van der Waals surface area contributed by atoms with E-state index in [1.165, 1.54) is 30.5 Å². The smallest absolute Gasteiger partial charge is 0.188 e. The molecule has 0 radical (unpaired) electrons. The molecule has 0 N–H and O–H groups in total. The van der Waals surface area contributed by atoms with E-state index < -0.39 is 0 Å². The Morgan fingerprint density at radius 3 is 3.00 bits per heavy atom. The Kier molecular flexibility index (Phi) is 4.29. The second-order valence-electron chi connectivity index (χ2n) is 4.29. The van der Waals surface area contributed by atoms with Crippen molar-refractivity contribution >= 4 is 15.9 Å². The maximum atomic E-state index is 4.24. The first-order chi connectivity index (χ1) is 7.79. The Morgan fingerprint density at radius 2 is 2.31 bits per heavy atom. The number of piperidine rings is 1. The van der Waals surface area contributed by atoms with Crippen molar-refractivity contribution in [1.29, 1.82) is 0 Å². The molecule has 0 spiro atoms. The van der Waals surface area contributed by atoms with Gasteiger partial charge in [-0.3, -0.25) is 4.90 Å². The first-order valence-electron chi connectivity index (χ1n) is 5.82. The molecule has 1 atom stereocenters. The third-order valence-electron chi connectivity index (χ3n) is 3.09. The predicted molar refractivity (Wildman–Crippen MR) is 65.3 cm³/mol. The minimum absolute atomic E-state index is 0.678. The number of aromatic nitrogens is 4. The summed E-state index contributed by atoms with van der Waals surface area (Å²) in [4.78, 5) is 4.01. The SMILES string of the molecule is Cn1nnc(CN2CCCCC2CCBr)n1. The molecule has 2 heterocycles. The van der Waals surface area contributed by atoms with Crippen LogP contribution in [0.3, 0.4) is 0 Å². The van der Waals surface area contributed by atoms with Crippen LogP contribution in [0.2, 0.25) is 0 Å². The normalized spacial score (nSPS) is 22.5. The van der Waals surface area contributed by atoms with Crippen molar-refractivity contribution in [1.82, 2.24) is 25.1 Å². The molecule has 2 rings (SSSR count). The second kappa shape index (κ2) is 5.72. The van der Waals surface area contributed by atoms with Gasteiger partial charge in [-0.15, -0.1) is 10.2 Å². The van der Waals surface area contributed by atoms with Crippen molar-refractivity contribution in [2.24, 2.45) is 7.05 Å². The molecular weight excluding hydrogens is 270 g/mol. The lowest BCUT2D eigenvalue weighted by molar-refractivity contribution is 0.133. The third-order valence-corrected chi connectivity index (χ3v) is 3.54. The molecule has 0 bridgehead atoms. The average Bonchev–Trinajstić information content (AvgIpc) is 2.67. The lowest BCUT2D eigenvalue weighted by atomic mass is 10.0. The van der Waals surface area contributed by atoms with Crippen molar-refractivity contribution in [3.05, 3.63) is 5.82 Å². The molecule has 1 aliphatic rings. The van der Waals surface area contributed by atoms with Gasteiger partial charge in [0.15, 0.2) is 5.82 Å². The third kappa shape index (κ3) is 3.01. The molecule has 1 unspecified atom stereocenters. The second-order valence-corrected chi connectivity index (χ2v) is 5.09. The summed E-state index contributed by atoms with van der Waals surface area (Å²) in [5.74, 6) is 0.837. The molecule has 16 heavy (non-hydrogen) atoms. The van der Waals surface area contributed by atoms with Crippen LogP contribution in [-0.4, -0.2) is 43.0 Å². The fourth-order valence-electron chi connectivity index (χ4n) is 2.29. The molecule has 0 amide bonds. The molecule has 0 aliphatic carbocycles. The van der Waals surface area contributed by atoms with E-state index in [0.717, 1.165) is 24.2 Å². The topological polar surface area (TPSA) is 46.8 Å². The van der Waals surface area contributed by atoms with Crippen LogP contribution in [0.15, 0.2) is 0 Å². The molecule has 90 valence electrons. The molecule has 0 saturated carbocycles. The van der Waals surface area contributed by atoms with Gasteiger partial charge < -0.3 is 0 Å². The Bertz CT molecular complexity index is 325. The summed E-state index contributed by atoms with van der Waals surface area (Å²) in [5.41, 5.74) is 0. The molecule has 6 heteroatoms. The first-order valence-corrected chi connectivity index (χ1v) is 6.94. The molecular formula is C10H18BrN5. The zero-order valence-electron chi connectivity index (χ0n) is 9.64. The van der Waals surface area contributed by atoms with Gasteiger partial charge in [-0.2, -0.15) is 4.80 Å². The minimum Gasteiger partial charge on any atom is -0.293 e. The summed E-state index contributed by atoms with van der Waals surface area (Å²) in [6.45, 7) is 2.00. The largest absolute Gasteiger partial charge is 0.293 e. The van der Waals surface area contributed by atoms with Crippen molar-refractivity contribution in [3.63, 3.8) is 0 Å². The van der Waals surface area contributed by atoms with E-state index in [1.54, 1.807) is 0 Å². The van der Waals surface area contributed by atoms with E-state index in [9.17, 15) is 0 Å². The number of nitrogens with zero attached hydrogens (tertiary/aromatic N) is 5. The van der Waals surface area contributed by atoms with E-state index >= 15 is 0 Å². The molecule has 1 aliphatic heterocycles. The fourth-order valence-corrected chi connectivity index (χ4v) is 2.82. The number of rotatable bonds is 4. The van der Waals surface area contributed by atoms with Crippen LogP contribution in [-0.2, 0) is 13.6 Å². The fraction of sp³-hybridized carbons (Fsp3) is 0.900. The Labute approximate surface area is 104 Å². The molecule has 0 aromatic carbocycles. The van der Waals surface area contributed by atoms with Crippen LogP contribution in [0.5, 0.6) is 0 Å². The van der Waals surface area contributed by atoms with Crippen LogP contribution < -0.4 is 0 Å². The van der Waals surface area contributed by atoms with E-state index in [2.05, 4.69) is 36.2 Å². The van der Waals surface area contributed by atoms with Gasteiger partial charge in [0.1, 0.15) is 0 Å². The highest BCUT2D eigenvalue weighted by molar-refractivity contribution is 9.09. The van der Waals surface area contributed by atoms with Gasteiger partial charge >= 0.3 is 0 Å². The number of aryl methyl sites for hydroxylation is 1. The molecule has 1 aromatic heterocycles. The van der Waals surface area contributed by atoms with Crippen molar-refractivity contribution in [2.75, 3.05) is 11.9 Å².